The molecule has 0 saturated carbocycles. The molecule has 0 aliphatic rings. The number of hydrogen-bond acceptors (Lipinski definition) is 3. The maximum absolute atomic E-state index is 12.7. The molecule has 114 valence electrons. The van der Waals surface area contributed by atoms with Crippen LogP contribution in [0.4, 0.5) is 0 Å². The van der Waals surface area contributed by atoms with Gasteiger partial charge in [0.25, 0.3) is 5.56 Å². The van der Waals surface area contributed by atoms with Gasteiger partial charge in [-0.1, -0.05) is 11.6 Å². The largest absolute Gasteiger partial charge is 0.480 e. The van der Waals surface area contributed by atoms with Crippen molar-refractivity contribution in [3.05, 3.63) is 40.3 Å². The molecule has 1 unspecified atom stereocenters. The summed E-state index contributed by atoms with van der Waals surface area (Å²) in [5, 5.41) is 14.9. The third kappa shape index (κ3) is 1.91. The van der Waals surface area contributed by atoms with Crippen LogP contribution in [0.5, 0.6) is 0 Å². The first-order valence-corrected chi connectivity index (χ1v) is 7.19. The molecule has 22 heavy (non-hydrogen) atoms. The van der Waals surface area contributed by atoms with E-state index in [0.29, 0.717) is 12.1 Å². The lowest BCUT2D eigenvalue weighted by molar-refractivity contribution is -0.140. The molecule has 0 spiro atoms. The second kappa shape index (κ2) is 4.98. The average molecular weight is 299 g/mol. The van der Waals surface area contributed by atoms with Gasteiger partial charge >= 0.3 is 5.97 Å². The highest BCUT2D eigenvalue weighted by atomic mass is 16.4. The predicted molar refractivity (Wildman–Crippen MR) is 84.3 cm³/mol. The molecule has 0 saturated heterocycles. The zero-order valence-electron chi connectivity index (χ0n) is 12.7. The van der Waals surface area contributed by atoms with Crippen LogP contribution in [0.1, 0.15) is 25.5 Å². The van der Waals surface area contributed by atoms with Gasteiger partial charge in [-0.2, -0.15) is 5.10 Å². The molecule has 0 bridgehead atoms. The Morgan fingerprint density at radius 2 is 2.09 bits per heavy atom. The summed E-state index contributed by atoms with van der Waals surface area (Å²) in [5.41, 5.74) is 2.20. The molecule has 3 aromatic rings. The van der Waals surface area contributed by atoms with Crippen LogP contribution >= 0.6 is 0 Å². The first-order chi connectivity index (χ1) is 10.5. The summed E-state index contributed by atoms with van der Waals surface area (Å²) in [6.45, 7) is 6.04. The molecule has 0 aliphatic carbocycles. The Balaban J connectivity index is 2.47. The van der Waals surface area contributed by atoms with Gasteiger partial charge in [-0.05, 0) is 32.9 Å². The van der Waals surface area contributed by atoms with Crippen LogP contribution in [0.25, 0.3) is 21.8 Å². The number of rotatable bonds is 3. The molecule has 2 heterocycles. The van der Waals surface area contributed by atoms with Crippen molar-refractivity contribution in [1.82, 2.24) is 14.3 Å². The highest BCUT2D eigenvalue weighted by Gasteiger charge is 2.20. The van der Waals surface area contributed by atoms with E-state index >= 15 is 0 Å². The molecule has 0 radical (unpaired) electrons. The predicted octanol–water partition coefficient (Wildman–Crippen LogP) is 2.33. The van der Waals surface area contributed by atoms with Gasteiger partial charge in [0.05, 0.1) is 6.20 Å². The summed E-state index contributed by atoms with van der Waals surface area (Å²) in [7, 11) is 0. The van der Waals surface area contributed by atoms with Gasteiger partial charge in [-0.3, -0.25) is 4.79 Å². The van der Waals surface area contributed by atoms with Crippen LogP contribution in [0, 0.1) is 6.92 Å². The Labute approximate surface area is 126 Å². The van der Waals surface area contributed by atoms with E-state index in [4.69, 9.17) is 5.11 Å². The topological polar surface area (TPSA) is 77.1 Å². The first-order valence-electron chi connectivity index (χ1n) is 7.19. The van der Waals surface area contributed by atoms with E-state index in [1.54, 1.807) is 6.20 Å². The summed E-state index contributed by atoms with van der Waals surface area (Å²) < 4.78 is 2.95. The minimum absolute atomic E-state index is 0.372. The van der Waals surface area contributed by atoms with Crippen LogP contribution in [0.3, 0.4) is 0 Å². The van der Waals surface area contributed by atoms with Crippen LogP contribution < -0.4 is 5.56 Å². The number of aliphatic carboxylic acids is 1. The van der Waals surface area contributed by atoms with Crippen LogP contribution in [-0.2, 0) is 11.3 Å². The van der Waals surface area contributed by atoms with Crippen LogP contribution in [0.15, 0.2) is 29.2 Å². The van der Waals surface area contributed by atoms with E-state index in [0.717, 1.165) is 26.5 Å². The van der Waals surface area contributed by atoms with Gasteiger partial charge in [-0.25, -0.2) is 9.48 Å². The van der Waals surface area contributed by atoms with E-state index < -0.39 is 12.0 Å². The maximum Gasteiger partial charge on any atom is 0.328 e. The lowest BCUT2D eigenvalue weighted by Gasteiger charge is -2.09. The second-order valence-electron chi connectivity index (χ2n) is 5.44. The van der Waals surface area contributed by atoms with E-state index in [2.05, 4.69) is 5.10 Å². The minimum atomic E-state index is -1.08. The second-order valence-corrected chi connectivity index (χ2v) is 5.44. The Hall–Kier alpha value is -2.63. The van der Waals surface area contributed by atoms with Crippen molar-refractivity contribution in [3.63, 3.8) is 0 Å². The van der Waals surface area contributed by atoms with Gasteiger partial charge in [0, 0.05) is 22.8 Å². The van der Waals surface area contributed by atoms with Gasteiger partial charge in [0.1, 0.15) is 5.52 Å². The lowest BCUT2D eigenvalue weighted by Crippen LogP contribution is -2.31. The fraction of sp³-hybridized carbons (Fsp3) is 0.312. The zero-order chi connectivity index (χ0) is 16.0. The molecular weight excluding hydrogens is 282 g/mol. The Bertz CT molecular complexity index is 953. The molecule has 1 aromatic carbocycles. The number of carboxylic acids is 1. The van der Waals surface area contributed by atoms with E-state index in [1.807, 2.05) is 36.6 Å². The SMILES string of the molecule is CCn1c2ccc(C)cc2c2cnn(C(C)C(=O)O)c(=O)c21. The van der Waals surface area contributed by atoms with Gasteiger partial charge in [0.15, 0.2) is 6.04 Å². The number of hydrogen-bond donors (Lipinski definition) is 1. The summed E-state index contributed by atoms with van der Waals surface area (Å²) >= 11 is 0. The van der Waals surface area contributed by atoms with Crippen molar-refractivity contribution in [2.45, 2.75) is 33.4 Å². The normalized spacial score (nSPS) is 12.9. The Kier molecular flexibility index (Phi) is 3.24. The van der Waals surface area contributed by atoms with Crippen molar-refractivity contribution >= 4 is 27.8 Å². The smallest absolute Gasteiger partial charge is 0.328 e. The summed E-state index contributed by atoms with van der Waals surface area (Å²) in [4.78, 5) is 23.9. The fourth-order valence-electron chi connectivity index (χ4n) is 2.85. The van der Waals surface area contributed by atoms with Crippen molar-refractivity contribution in [1.29, 1.82) is 0 Å². The monoisotopic (exact) mass is 299 g/mol. The Morgan fingerprint density at radius 3 is 2.73 bits per heavy atom. The zero-order valence-corrected chi connectivity index (χ0v) is 12.7. The number of carbonyl (C=O) groups is 1. The Morgan fingerprint density at radius 1 is 1.36 bits per heavy atom. The molecule has 2 aromatic heterocycles. The van der Waals surface area contributed by atoms with Gasteiger partial charge < -0.3 is 9.67 Å². The van der Waals surface area contributed by atoms with Crippen molar-refractivity contribution in [3.8, 4) is 0 Å². The standard InChI is InChI=1S/C16H17N3O3/c1-4-18-13-6-5-9(2)7-11(13)12-8-17-19(10(3)16(21)22)15(20)14(12)18/h5-8,10H,4H2,1-3H3,(H,21,22). The first kappa shape index (κ1) is 14.3. The van der Waals surface area contributed by atoms with E-state index in [-0.39, 0.29) is 5.56 Å². The summed E-state index contributed by atoms with van der Waals surface area (Å²) in [5.74, 6) is -1.08. The van der Waals surface area contributed by atoms with Gasteiger partial charge in [0.2, 0.25) is 0 Å². The number of aromatic nitrogens is 3. The third-order valence-corrected chi connectivity index (χ3v) is 4.02. The molecular formula is C16H17N3O3. The third-order valence-electron chi connectivity index (χ3n) is 4.02. The fourth-order valence-corrected chi connectivity index (χ4v) is 2.85. The maximum atomic E-state index is 12.7. The number of fused-ring (bicyclic) bond motifs is 3. The molecule has 0 amide bonds. The van der Waals surface area contributed by atoms with Crippen LogP contribution in [-0.4, -0.2) is 25.4 Å². The number of carboxylic acid groups (broad SMARTS) is 1. The molecule has 0 aliphatic heterocycles. The number of aryl methyl sites for hydroxylation is 2. The average Bonchev–Trinajstić information content (AvgIpc) is 2.80. The molecule has 3 rings (SSSR count). The lowest BCUT2D eigenvalue weighted by atomic mass is 10.1. The number of benzene rings is 1. The highest BCUT2D eigenvalue weighted by molar-refractivity contribution is 6.07. The molecule has 6 nitrogen and oxygen atoms in total. The molecule has 1 atom stereocenters. The van der Waals surface area contributed by atoms with Crippen LogP contribution in [0.2, 0.25) is 0 Å². The van der Waals surface area contributed by atoms with Crippen molar-refractivity contribution < 1.29 is 9.90 Å². The summed E-state index contributed by atoms with van der Waals surface area (Å²) in [6.07, 6.45) is 1.59. The molecule has 1 N–H and O–H groups in total. The summed E-state index contributed by atoms with van der Waals surface area (Å²) in [6, 6.07) is 5.01. The quantitative estimate of drug-likeness (QED) is 0.805. The van der Waals surface area contributed by atoms with E-state index in [9.17, 15) is 9.59 Å². The molecule has 0 fully saturated rings. The van der Waals surface area contributed by atoms with Gasteiger partial charge in [-0.15, -0.1) is 0 Å². The number of nitrogens with zero attached hydrogens (tertiary/aromatic N) is 3. The molecule has 6 heteroatoms. The van der Waals surface area contributed by atoms with E-state index in [1.165, 1.54) is 6.92 Å². The van der Waals surface area contributed by atoms with Crippen molar-refractivity contribution in [2.75, 3.05) is 0 Å². The minimum Gasteiger partial charge on any atom is -0.480 e. The van der Waals surface area contributed by atoms with Crippen molar-refractivity contribution in [2.24, 2.45) is 0 Å². The highest BCUT2D eigenvalue weighted by Crippen LogP contribution is 2.27.